The van der Waals surface area contributed by atoms with E-state index >= 15 is 0 Å². The summed E-state index contributed by atoms with van der Waals surface area (Å²) < 4.78 is 38.5. The van der Waals surface area contributed by atoms with Crippen molar-refractivity contribution in [3.8, 4) is 5.75 Å². The molecule has 3 rings (SSSR count). The number of sulfonamides is 1. The zero-order valence-electron chi connectivity index (χ0n) is 18.9. The van der Waals surface area contributed by atoms with E-state index in [0.717, 1.165) is 11.1 Å². The van der Waals surface area contributed by atoms with Crippen LogP contribution in [0.25, 0.3) is 0 Å². The fourth-order valence-corrected chi connectivity index (χ4v) is 4.38. The molecule has 0 aliphatic heterocycles. The van der Waals surface area contributed by atoms with Crippen molar-refractivity contribution in [3.63, 3.8) is 0 Å². The molecule has 0 unspecified atom stereocenters. The molecule has 2 N–H and O–H groups in total. The summed E-state index contributed by atoms with van der Waals surface area (Å²) in [6.45, 7) is 2.15. The average Bonchev–Trinajstić information content (AvgIpc) is 2.84. The number of ether oxygens (including phenoxy) is 2. The van der Waals surface area contributed by atoms with Crippen LogP contribution in [0.2, 0.25) is 0 Å². The Hall–Kier alpha value is -3.69. The second-order valence-corrected chi connectivity index (χ2v) is 9.04. The summed E-state index contributed by atoms with van der Waals surface area (Å²) in [4.78, 5) is 24.2. The molecule has 0 saturated heterocycles. The summed E-state index contributed by atoms with van der Waals surface area (Å²) in [5.41, 5.74) is 2.20. The van der Waals surface area contributed by atoms with Crippen LogP contribution in [-0.2, 0) is 32.5 Å². The van der Waals surface area contributed by atoms with Crippen molar-refractivity contribution in [2.24, 2.45) is 0 Å². The number of carbonyl (C=O) groups excluding carboxylic acids is 2. The van der Waals surface area contributed by atoms with E-state index in [-0.39, 0.29) is 35.1 Å². The van der Waals surface area contributed by atoms with Crippen LogP contribution in [0.3, 0.4) is 0 Å². The van der Waals surface area contributed by atoms with Crippen molar-refractivity contribution in [1.29, 1.82) is 0 Å². The Morgan fingerprint density at radius 1 is 0.912 bits per heavy atom. The Morgan fingerprint density at radius 2 is 1.62 bits per heavy atom. The number of hydrogen-bond donors (Lipinski definition) is 2. The number of nitrogens with one attached hydrogen (secondary N) is 2. The molecule has 34 heavy (non-hydrogen) atoms. The highest BCUT2D eigenvalue weighted by molar-refractivity contribution is 7.89. The monoisotopic (exact) mass is 482 g/mol. The summed E-state index contributed by atoms with van der Waals surface area (Å²) in [5.74, 6) is -0.687. The topological polar surface area (TPSA) is 111 Å². The van der Waals surface area contributed by atoms with Gasteiger partial charge in [0.1, 0.15) is 10.6 Å². The van der Waals surface area contributed by atoms with Gasteiger partial charge in [-0.25, -0.2) is 13.1 Å². The summed E-state index contributed by atoms with van der Waals surface area (Å²) in [6, 6.07) is 20.0. The molecule has 3 aromatic carbocycles. The normalized spacial score (nSPS) is 11.0. The lowest BCUT2D eigenvalue weighted by Gasteiger charge is -2.13. The summed E-state index contributed by atoms with van der Waals surface area (Å²) >= 11 is 0. The molecule has 0 aliphatic carbocycles. The number of methoxy groups -OCH3 is 1. The van der Waals surface area contributed by atoms with E-state index in [0.29, 0.717) is 12.3 Å². The lowest BCUT2D eigenvalue weighted by atomic mass is 10.1. The van der Waals surface area contributed by atoms with Crippen molar-refractivity contribution in [1.82, 2.24) is 4.72 Å². The first-order valence-electron chi connectivity index (χ1n) is 10.6. The Labute approximate surface area is 199 Å². The third-order valence-corrected chi connectivity index (χ3v) is 6.31. The first-order chi connectivity index (χ1) is 16.3. The lowest BCUT2D eigenvalue weighted by Crippen LogP contribution is -2.24. The minimum Gasteiger partial charge on any atom is -0.495 e. The number of hydrogen-bond acceptors (Lipinski definition) is 6. The summed E-state index contributed by atoms with van der Waals surface area (Å²) in [7, 11) is -2.59. The second kappa shape index (κ2) is 11.4. The van der Waals surface area contributed by atoms with E-state index in [4.69, 9.17) is 9.47 Å². The summed E-state index contributed by atoms with van der Waals surface area (Å²) in [5, 5.41) is 2.73. The van der Waals surface area contributed by atoms with Crippen molar-refractivity contribution in [2.45, 2.75) is 24.8 Å². The number of anilines is 1. The molecule has 0 saturated carbocycles. The van der Waals surface area contributed by atoms with E-state index in [1.54, 1.807) is 31.2 Å². The standard InChI is InChI=1S/C25H26N2O6S/c1-3-33-24(28)15-18-9-12-21(13-10-18)27-25(29)20-11-14-22(32-2)23(16-20)34(30,31)26-17-19-7-5-4-6-8-19/h4-14,16,26H,3,15,17H2,1-2H3,(H,27,29). The summed E-state index contributed by atoms with van der Waals surface area (Å²) in [6.07, 6.45) is 0.137. The maximum atomic E-state index is 12.9. The molecule has 0 aliphatic rings. The van der Waals surface area contributed by atoms with Crippen molar-refractivity contribution >= 4 is 27.6 Å². The second-order valence-electron chi connectivity index (χ2n) is 7.31. The molecular weight excluding hydrogens is 456 g/mol. The molecule has 0 fully saturated rings. The van der Waals surface area contributed by atoms with Crippen LogP contribution < -0.4 is 14.8 Å². The third-order valence-electron chi connectivity index (χ3n) is 4.89. The molecule has 0 atom stereocenters. The van der Waals surface area contributed by atoms with Gasteiger partial charge < -0.3 is 14.8 Å². The van der Waals surface area contributed by atoms with Crippen LogP contribution in [0, 0.1) is 0 Å². The number of amides is 1. The van der Waals surface area contributed by atoms with Gasteiger partial charge in [0.15, 0.2) is 0 Å². The Morgan fingerprint density at radius 3 is 2.26 bits per heavy atom. The van der Waals surface area contributed by atoms with Crippen molar-refractivity contribution in [3.05, 3.63) is 89.5 Å². The van der Waals surface area contributed by atoms with E-state index in [9.17, 15) is 18.0 Å². The number of esters is 1. The maximum absolute atomic E-state index is 12.9. The predicted octanol–water partition coefficient (Wildman–Crippen LogP) is 3.53. The molecule has 0 spiro atoms. The molecule has 0 radical (unpaired) electrons. The average molecular weight is 483 g/mol. The molecule has 0 aromatic heterocycles. The van der Waals surface area contributed by atoms with E-state index in [1.165, 1.54) is 25.3 Å². The van der Waals surface area contributed by atoms with Gasteiger partial charge in [-0.1, -0.05) is 42.5 Å². The molecule has 8 nitrogen and oxygen atoms in total. The SMILES string of the molecule is CCOC(=O)Cc1ccc(NC(=O)c2ccc(OC)c(S(=O)(=O)NCc3ccccc3)c2)cc1. The van der Waals surface area contributed by atoms with Crippen LogP contribution >= 0.6 is 0 Å². The minimum atomic E-state index is -3.95. The van der Waals surface area contributed by atoms with Crippen molar-refractivity contribution < 1.29 is 27.5 Å². The number of rotatable bonds is 10. The van der Waals surface area contributed by atoms with Gasteiger partial charge in [0.05, 0.1) is 20.1 Å². The maximum Gasteiger partial charge on any atom is 0.310 e. The molecule has 9 heteroatoms. The Bertz CT molecular complexity index is 1240. The highest BCUT2D eigenvalue weighted by Crippen LogP contribution is 2.25. The smallest absolute Gasteiger partial charge is 0.310 e. The Balaban J connectivity index is 1.74. The van der Waals surface area contributed by atoms with Gasteiger partial charge in [-0.05, 0) is 48.4 Å². The first kappa shape index (κ1) is 24.9. The largest absolute Gasteiger partial charge is 0.495 e. The van der Waals surface area contributed by atoms with Gasteiger partial charge in [0.25, 0.3) is 5.91 Å². The zero-order chi connectivity index (χ0) is 24.6. The molecule has 0 bridgehead atoms. The first-order valence-corrected chi connectivity index (χ1v) is 12.1. The van der Waals surface area contributed by atoms with Gasteiger partial charge >= 0.3 is 5.97 Å². The minimum absolute atomic E-state index is 0.0981. The quantitative estimate of drug-likeness (QED) is 0.428. The van der Waals surface area contributed by atoms with Crippen LogP contribution in [-0.4, -0.2) is 34.0 Å². The zero-order valence-corrected chi connectivity index (χ0v) is 19.7. The molecule has 3 aromatic rings. The van der Waals surface area contributed by atoms with Crippen LogP contribution in [0.5, 0.6) is 5.75 Å². The molecular formula is C25H26N2O6S. The Kier molecular flexibility index (Phi) is 8.39. The van der Waals surface area contributed by atoms with Gasteiger partial charge in [0, 0.05) is 17.8 Å². The van der Waals surface area contributed by atoms with Crippen LogP contribution in [0.4, 0.5) is 5.69 Å². The van der Waals surface area contributed by atoms with Crippen LogP contribution in [0.1, 0.15) is 28.4 Å². The van der Waals surface area contributed by atoms with Crippen molar-refractivity contribution in [2.75, 3.05) is 19.0 Å². The van der Waals surface area contributed by atoms with E-state index in [2.05, 4.69) is 10.0 Å². The van der Waals surface area contributed by atoms with E-state index < -0.39 is 15.9 Å². The fraction of sp³-hybridized carbons (Fsp3) is 0.200. The van der Waals surface area contributed by atoms with Gasteiger partial charge in [0.2, 0.25) is 10.0 Å². The molecule has 1 amide bonds. The third kappa shape index (κ3) is 6.66. The van der Waals surface area contributed by atoms with Gasteiger partial charge in [-0.2, -0.15) is 0 Å². The molecule has 0 heterocycles. The highest BCUT2D eigenvalue weighted by atomic mass is 32.2. The van der Waals surface area contributed by atoms with Gasteiger partial charge in [-0.3, -0.25) is 9.59 Å². The number of carbonyl (C=O) groups is 2. The highest BCUT2D eigenvalue weighted by Gasteiger charge is 2.22. The lowest BCUT2D eigenvalue weighted by molar-refractivity contribution is -0.142. The molecule has 178 valence electrons. The fourth-order valence-electron chi connectivity index (χ4n) is 3.17. The van der Waals surface area contributed by atoms with Crippen LogP contribution in [0.15, 0.2) is 77.7 Å². The number of benzene rings is 3. The van der Waals surface area contributed by atoms with Gasteiger partial charge in [-0.15, -0.1) is 0 Å². The predicted molar refractivity (Wildman–Crippen MR) is 128 cm³/mol. The van der Waals surface area contributed by atoms with E-state index in [1.807, 2.05) is 30.3 Å².